The zero-order chi connectivity index (χ0) is 20.0. The fourth-order valence-corrected chi connectivity index (χ4v) is 2.77. The van der Waals surface area contributed by atoms with Crippen LogP contribution in [-0.4, -0.2) is 77.1 Å². The Morgan fingerprint density at radius 1 is 1.29 bits per heavy atom. The highest BCUT2D eigenvalue weighted by Gasteiger charge is 2.15. The molecule has 158 valence electrons. The van der Waals surface area contributed by atoms with E-state index in [-0.39, 0.29) is 6.10 Å². The van der Waals surface area contributed by atoms with Gasteiger partial charge in [0.25, 0.3) is 0 Å². The van der Waals surface area contributed by atoms with Crippen molar-refractivity contribution in [2.45, 2.75) is 32.4 Å². The summed E-state index contributed by atoms with van der Waals surface area (Å²) < 4.78 is 16.9. The van der Waals surface area contributed by atoms with E-state index in [0.717, 1.165) is 69.6 Å². The fourth-order valence-electron chi connectivity index (χ4n) is 2.77. The molecule has 1 fully saturated rings. The normalized spacial score (nSPS) is 17.1. The third-order valence-corrected chi connectivity index (χ3v) is 4.32. The first kappa shape index (κ1) is 22.5. The number of hydrogen-bond donors (Lipinski definition) is 2. The van der Waals surface area contributed by atoms with Crippen LogP contribution in [0.3, 0.4) is 0 Å². The molecule has 7 heteroatoms. The average molecular weight is 393 g/mol. The van der Waals surface area contributed by atoms with Crippen molar-refractivity contribution < 1.29 is 14.2 Å². The van der Waals surface area contributed by atoms with Crippen LogP contribution in [0.4, 0.5) is 0 Å². The fraction of sp³-hybridized carbons (Fsp3) is 0.667. The van der Waals surface area contributed by atoms with Gasteiger partial charge in [-0.15, -0.1) is 0 Å². The lowest BCUT2D eigenvalue weighted by Gasteiger charge is -2.13. The first-order valence-electron chi connectivity index (χ1n) is 10.3. The van der Waals surface area contributed by atoms with Gasteiger partial charge in [0.05, 0.1) is 19.3 Å². The predicted octanol–water partition coefficient (Wildman–Crippen LogP) is 1.88. The monoisotopic (exact) mass is 392 g/mol. The molecule has 1 aliphatic heterocycles. The molecule has 0 amide bonds. The lowest BCUT2D eigenvalue weighted by atomic mass is 10.2. The quantitative estimate of drug-likeness (QED) is 0.322. The summed E-state index contributed by atoms with van der Waals surface area (Å²) in [4.78, 5) is 6.78. The number of nitrogens with one attached hydrogen (secondary N) is 2. The molecule has 1 aliphatic rings. The van der Waals surface area contributed by atoms with Crippen LogP contribution in [0.25, 0.3) is 0 Å². The van der Waals surface area contributed by atoms with Crippen molar-refractivity contribution >= 4 is 5.96 Å². The second-order valence-electron chi connectivity index (χ2n) is 7.13. The van der Waals surface area contributed by atoms with E-state index < -0.39 is 0 Å². The third-order valence-electron chi connectivity index (χ3n) is 4.32. The molecule has 7 nitrogen and oxygen atoms in total. The first-order chi connectivity index (χ1) is 13.7. The summed E-state index contributed by atoms with van der Waals surface area (Å²) in [7, 11) is 4.08. The van der Waals surface area contributed by atoms with Gasteiger partial charge in [-0.2, -0.15) is 0 Å². The maximum absolute atomic E-state index is 5.80. The molecule has 0 spiro atoms. The minimum atomic E-state index is 0.272. The van der Waals surface area contributed by atoms with Gasteiger partial charge in [0.2, 0.25) is 0 Å². The molecule has 0 aliphatic carbocycles. The van der Waals surface area contributed by atoms with E-state index in [2.05, 4.69) is 39.6 Å². The SMILES string of the molecule is CCNC(=NCc1cccc(OCCN(C)C)c1)NCCCOC1CCOC1. The number of nitrogens with zero attached hydrogens (tertiary/aromatic N) is 2. The topological polar surface area (TPSA) is 67.4 Å². The molecule has 28 heavy (non-hydrogen) atoms. The Morgan fingerprint density at radius 3 is 2.93 bits per heavy atom. The van der Waals surface area contributed by atoms with Gasteiger partial charge >= 0.3 is 0 Å². The maximum atomic E-state index is 5.80. The number of rotatable bonds is 12. The Morgan fingerprint density at radius 2 is 2.18 bits per heavy atom. The van der Waals surface area contributed by atoms with Crippen molar-refractivity contribution in [1.29, 1.82) is 0 Å². The molecule has 0 aromatic heterocycles. The summed E-state index contributed by atoms with van der Waals surface area (Å²) in [5.74, 6) is 1.71. The molecule has 1 atom stereocenters. The van der Waals surface area contributed by atoms with Crippen molar-refractivity contribution in [2.24, 2.45) is 4.99 Å². The molecular formula is C21H36N4O3. The summed E-state index contributed by atoms with van der Waals surface area (Å²) in [6.45, 7) is 8.20. The Bertz CT molecular complexity index is 575. The van der Waals surface area contributed by atoms with Crippen LogP contribution in [-0.2, 0) is 16.0 Å². The molecule has 2 N–H and O–H groups in total. The number of ether oxygens (including phenoxy) is 3. The van der Waals surface area contributed by atoms with Gasteiger partial charge in [-0.3, -0.25) is 0 Å². The van der Waals surface area contributed by atoms with Crippen molar-refractivity contribution in [3.8, 4) is 5.75 Å². The molecule has 1 unspecified atom stereocenters. The van der Waals surface area contributed by atoms with Gasteiger partial charge in [-0.05, 0) is 51.6 Å². The summed E-state index contributed by atoms with van der Waals surface area (Å²) in [5.41, 5.74) is 1.13. The van der Waals surface area contributed by atoms with Crippen LogP contribution in [0.5, 0.6) is 5.75 Å². The molecule has 2 rings (SSSR count). The summed E-state index contributed by atoms with van der Waals surface area (Å²) >= 11 is 0. The highest BCUT2D eigenvalue weighted by molar-refractivity contribution is 5.79. The van der Waals surface area contributed by atoms with Gasteiger partial charge in [-0.25, -0.2) is 4.99 Å². The second-order valence-corrected chi connectivity index (χ2v) is 7.13. The average Bonchev–Trinajstić information content (AvgIpc) is 3.19. The van der Waals surface area contributed by atoms with E-state index in [1.807, 2.05) is 26.2 Å². The molecule has 1 aromatic carbocycles. The maximum Gasteiger partial charge on any atom is 0.191 e. The van der Waals surface area contributed by atoms with E-state index >= 15 is 0 Å². The Kier molecular flexibility index (Phi) is 10.7. The number of benzene rings is 1. The van der Waals surface area contributed by atoms with E-state index in [1.165, 1.54) is 0 Å². The van der Waals surface area contributed by atoms with Crippen LogP contribution < -0.4 is 15.4 Å². The van der Waals surface area contributed by atoms with E-state index in [0.29, 0.717) is 13.2 Å². The van der Waals surface area contributed by atoms with Gasteiger partial charge in [0.15, 0.2) is 5.96 Å². The molecule has 0 saturated carbocycles. The van der Waals surface area contributed by atoms with Crippen LogP contribution in [0.15, 0.2) is 29.3 Å². The van der Waals surface area contributed by atoms with E-state index in [1.54, 1.807) is 0 Å². The van der Waals surface area contributed by atoms with Crippen LogP contribution in [0, 0.1) is 0 Å². The number of aliphatic imine (C=N–C) groups is 1. The minimum Gasteiger partial charge on any atom is -0.492 e. The standard InChI is InChI=1S/C21H36N4O3/c1-4-22-21(23-10-6-12-27-20-9-13-26-17-20)24-16-18-7-5-8-19(15-18)28-14-11-25(2)3/h5,7-8,15,20H,4,6,9-14,16-17H2,1-3H3,(H2,22,23,24). The summed E-state index contributed by atoms with van der Waals surface area (Å²) in [6.07, 6.45) is 2.22. The van der Waals surface area contributed by atoms with E-state index in [4.69, 9.17) is 14.2 Å². The highest BCUT2D eigenvalue weighted by Crippen LogP contribution is 2.14. The summed E-state index contributed by atoms with van der Waals surface area (Å²) in [5, 5.41) is 6.66. The number of hydrogen-bond acceptors (Lipinski definition) is 5. The van der Waals surface area contributed by atoms with Crippen molar-refractivity contribution in [2.75, 3.05) is 60.2 Å². The minimum absolute atomic E-state index is 0.272. The smallest absolute Gasteiger partial charge is 0.191 e. The Balaban J connectivity index is 1.72. The van der Waals surface area contributed by atoms with Crippen molar-refractivity contribution in [3.63, 3.8) is 0 Å². The summed E-state index contributed by atoms with van der Waals surface area (Å²) in [6, 6.07) is 8.13. The molecule has 1 saturated heterocycles. The Labute approximate surface area is 169 Å². The molecule has 1 heterocycles. The van der Waals surface area contributed by atoms with Crippen LogP contribution >= 0.6 is 0 Å². The van der Waals surface area contributed by atoms with Crippen molar-refractivity contribution in [3.05, 3.63) is 29.8 Å². The lowest BCUT2D eigenvalue weighted by molar-refractivity contribution is 0.0420. The zero-order valence-electron chi connectivity index (χ0n) is 17.6. The van der Waals surface area contributed by atoms with E-state index in [9.17, 15) is 0 Å². The largest absolute Gasteiger partial charge is 0.492 e. The number of guanidine groups is 1. The van der Waals surface area contributed by atoms with Crippen LogP contribution in [0.1, 0.15) is 25.3 Å². The van der Waals surface area contributed by atoms with Gasteiger partial charge < -0.3 is 29.7 Å². The van der Waals surface area contributed by atoms with Crippen LogP contribution in [0.2, 0.25) is 0 Å². The molecule has 1 aromatic rings. The molecular weight excluding hydrogens is 356 g/mol. The predicted molar refractivity (Wildman–Crippen MR) is 113 cm³/mol. The van der Waals surface area contributed by atoms with Crippen molar-refractivity contribution in [1.82, 2.24) is 15.5 Å². The number of likely N-dealkylation sites (N-methyl/N-ethyl adjacent to an activating group) is 1. The Hall–Kier alpha value is -1.83. The first-order valence-corrected chi connectivity index (χ1v) is 10.3. The molecule has 0 radical (unpaired) electrons. The van der Waals surface area contributed by atoms with Gasteiger partial charge in [0.1, 0.15) is 12.4 Å². The molecule has 0 bridgehead atoms. The second kappa shape index (κ2) is 13.4. The zero-order valence-corrected chi connectivity index (χ0v) is 17.6. The van der Waals surface area contributed by atoms with Gasteiger partial charge in [0, 0.05) is 32.8 Å². The lowest BCUT2D eigenvalue weighted by Crippen LogP contribution is -2.38. The third kappa shape index (κ3) is 9.39. The highest BCUT2D eigenvalue weighted by atomic mass is 16.5. The van der Waals surface area contributed by atoms with Gasteiger partial charge in [-0.1, -0.05) is 12.1 Å².